The molecule has 1 aromatic heterocycles. The van der Waals surface area contributed by atoms with Gasteiger partial charge < -0.3 is 15.0 Å². The molecule has 2 atom stereocenters. The maximum atomic E-state index is 12.6. The van der Waals surface area contributed by atoms with Crippen LogP contribution in [0.2, 0.25) is 0 Å². The third-order valence-electron chi connectivity index (χ3n) is 3.85. The number of carbonyl (C=O) groups is 2. The van der Waals surface area contributed by atoms with Gasteiger partial charge in [0.1, 0.15) is 17.9 Å². The van der Waals surface area contributed by atoms with Crippen LogP contribution >= 0.6 is 11.3 Å². The fourth-order valence-corrected chi connectivity index (χ4v) is 3.43. The molecular formula is C17H18N2O3S. The molecule has 0 saturated carbocycles. The maximum absolute atomic E-state index is 12.6. The van der Waals surface area contributed by atoms with Crippen LogP contribution in [0.15, 0.2) is 47.8 Å². The average Bonchev–Trinajstić information content (AvgIpc) is 3.24. The molecule has 0 radical (unpaired) electrons. The summed E-state index contributed by atoms with van der Waals surface area (Å²) < 4.78 is 5.93. The number of nitrogens with zero attached hydrogens (tertiary/aromatic N) is 1. The van der Waals surface area contributed by atoms with E-state index in [-0.39, 0.29) is 17.9 Å². The van der Waals surface area contributed by atoms with Crippen LogP contribution in [0.25, 0.3) is 0 Å². The lowest BCUT2D eigenvalue weighted by atomic mass is 10.2. The maximum Gasteiger partial charge on any atom is 0.264 e. The number of ether oxygens (including phenoxy) is 1. The van der Waals surface area contributed by atoms with Crippen LogP contribution < -0.4 is 10.1 Å². The van der Waals surface area contributed by atoms with Gasteiger partial charge in [-0.3, -0.25) is 9.59 Å². The number of likely N-dealkylation sites (N-methyl/N-ethyl adjacent to an activating group) is 1. The number of carbonyl (C=O) groups excluding carboxylic acids is 2. The highest BCUT2D eigenvalue weighted by molar-refractivity contribution is 7.12. The molecule has 1 N–H and O–H groups in total. The molecule has 1 fully saturated rings. The SMILES string of the molecule is CNC(=O)[C@@H]1C[C@H](Oc2ccccc2)CN1C(=O)c1cccs1. The molecule has 5 nitrogen and oxygen atoms in total. The smallest absolute Gasteiger partial charge is 0.264 e. The minimum absolute atomic E-state index is 0.118. The van der Waals surface area contributed by atoms with Gasteiger partial charge in [-0.2, -0.15) is 0 Å². The van der Waals surface area contributed by atoms with E-state index in [0.29, 0.717) is 17.8 Å². The summed E-state index contributed by atoms with van der Waals surface area (Å²) in [5.74, 6) is 0.473. The molecule has 2 aromatic rings. The first kappa shape index (κ1) is 15.6. The number of para-hydroxylation sites is 1. The van der Waals surface area contributed by atoms with E-state index in [1.807, 2.05) is 41.8 Å². The Hall–Kier alpha value is -2.34. The molecule has 1 aromatic carbocycles. The number of thiophene rings is 1. The van der Waals surface area contributed by atoms with Crippen molar-refractivity contribution in [2.45, 2.75) is 18.6 Å². The molecule has 0 aliphatic carbocycles. The molecular weight excluding hydrogens is 312 g/mol. The number of nitrogens with one attached hydrogen (secondary N) is 1. The fraction of sp³-hybridized carbons (Fsp3) is 0.294. The zero-order valence-corrected chi connectivity index (χ0v) is 13.6. The summed E-state index contributed by atoms with van der Waals surface area (Å²) in [6.07, 6.45) is 0.301. The first-order valence-corrected chi connectivity index (χ1v) is 8.35. The first-order valence-electron chi connectivity index (χ1n) is 7.47. The van der Waals surface area contributed by atoms with Crippen molar-refractivity contribution in [2.24, 2.45) is 0 Å². The molecule has 3 rings (SSSR count). The Labute approximate surface area is 138 Å². The molecule has 0 bridgehead atoms. The number of likely N-dealkylation sites (tertiary alicyclic amines) is 1. The highest BCUT2D eigenvalue weighted by Crippen LogP contribution is 2.26. The van der Waals surface area contributed by atoms with Gasteiger partial charge in [-0.1, -0.05) is 24.3 Å². The molecule has 1 saturated heterocycles. The molecule has 2 heterocycles. The van der Waals surface area contributed by atoms with Gasteiger partial charge in [-0.25, -0.2) is 0 Å². The highest BCUT2D eigenvalue weighted by Gasteiger charge is 2.40. The van der Waals surface area contributed by atoms with Gasteiger partial charge in [0.2, 0.25) is 5.91 Å². The minimum atomic E-state index is -0.497. The van der Waals surface area contributed by atoms with Gasteiger partial charge in [-0.05, 0) is 23.6 Å². The van der Waals surface area contributed by atoms with Crippen LogP contribution in [0.4, 0.5) is 0 Å². The summed E-state index contributed by atoms with van der Waals surface area (Å²) in [6.45, 7) is 0.406. The Kier molecular flexibility index (Phi) is 4.62. The standard InChI is InChI=1S/C17H18N2O3S/c1-18-16(20)14-10-13(22-12-6-3-2-4-7-12)11-19(14)17(21)15-8-5-9-23-15/h2-9,13-14H,10-11H2,1H3,(H,18,20)/t13-,14-/m0/s1. The summed E-state index contributed by atoms with van der Waals surface area (Å²) in [4.78, 5) is 27.0. The summed E-state index contributed by atoms with van der Waals surface area (Å²) in [7, 11) is 1.58. The number of hydrogen-bond acceptors (Lipinski definition) is 4. The molecule has 6 heteroatoms. The Bertz CT molecular complexity index is 672. The number of amides is 2. The van der Waals surface area contributed by atoms with Gasteiger partial charge in [0, 0.05) is 13.5 Å². The molecule has 2 amide bonds. The van der Waals surface area contributed by atoms with Crippen LogP contribution in [0, 0.1) is 0 Å². The summed E-state index contributed by atoms with van der Waals surface area (Å²) >= 11 is 1.38. The second-order valence-corrected chi connectivity index (χ2v) is 6.30. The van der Waals surface area contributed by atoms with Crippen molar-refractivity contribution in [2.75, 3.05) is 13.6 Å². The monoisotopic (exact) mass is 330 g/mol. The largest absolute Gasteiger partial charge is 0.488 e. The summed E-state index contributed by atoms with van der Waals surface area (Å²) in [5.41, 5.74) is 0. The van der Waals surface area contributed by atoms with Gasteiger partial charge in [0.25, 0.3) is 5.91 Å². The van der Waals surface area contributed by atoms with Crippen molar-refractivity contribution in [1.82, 2.24) is 10.2 Å². The lowest BCUT2D eigenvalue weighted by molar-refractivity contribution is -0.124. The van der Waals surface area contributed by atoms with Crippen molar-refractivity contribution < 1.29 is 14.3 Å². The van der Waals surface area contributed by atoms with Crippen LogP contribution in [-0.4, -0.2) is 42.5 Å². The van der Waals surface area contributed by atoms with E-state index in [1.54, 1.807) is 18.0 Å². The minimum Gasteiger partial charge on any atom is -0.488 e. The number of benzene rings is 1. The summed E-state index contributed by atoms with van der Waals surface area (Å²) in [6, 6.07) is 12.6. The third kappa shape index (κ3) is 3.37. The Morgan fingerprint density at radius 2 is 2.00 bits per heavy atom. The van der Waals surface area contributed by atoms with Crippen LogP contribution in [-0.2, 0) is 4.79 Å². The third-order valence-corrected chi connectivity index (χ3v) is 4.71. The second kappa shape index (κ2) is 6.83. The van der Waals surface area contributed by atoms with Gasteiger partial charge in [-0.15, -0.1) is 11.3 Å². The van der Waals surface area contributed by atoms with Gasteiger partial charge >= 0.3 is 0 Å². The molecule has 1 aliphatic heterocycles. The van der Waals surface area contributed by atoms with E-state index in [9.17, 15) is 9.59 Å². The average molecular weight is 330 g/mol. The molecule has 0 unspecified atom stereocenters. The van der Waals surface area contributed by atoms with E-state index in [2.05, 4.69) is 5.32 Å². The van der Waals surface area contributed by atoms with Crippen molar-refractivity contribution in [3.05, 3.63) is 52.7 Å². The van der Waals surface area contributed by atoms with E-state index in [0.717, 1.165) is 5.75 Å². The van der Waals surface area contributed by atoms with E-state index < -0.39 is 6.04 Å². The number of hydrogen-bond donors (Lipinski definition) is 1. The zero-order valence-electron chi connectivity index (χ0n) is 12.8. The van der Waals surface area contributed by atoms with E-state index in [4.69, 9.17) is 4.74 Å². The lowest BCUT2D eigenvalue weighted by Gasteiger charge is -2.22. The predicted octanol–water partition coefficient (Wildman–Crippen LogP) is 2.16. The second-order valence-electron chi connectivity index (χ2n) is 5.35. The first-order chi connectivity index (χ1) is 11.2. The Balaban J connectivity index is 1.77. The molecule has 1 aliphatic rings. The van der Waals surface area contributed by atoms with Gasteiger partial charge in [0.05, 0.1) is 11.4 Å². The lowest BCUT2D eigenvalue weighted by Crippen LogP contribution is -2.44. The van der Waals surface area contributed by atoms with Crippen molar-refractivity contribution in [1.29, 1.82) is 0 Å². The van der Waals surface area contributed by atoms with Crippen molar-refractivity contribution >= 4 is 23.2 Å². The normalized spacial score (nSPS) is 20.3. The van der Waals surface area contributed by atoms with Gasteiger partial charge in [0.15, 0.2) is 0 Å². The molecule has 120 valence electrons. The highest BCUT2D eigenvalue weighted by atomic mass is 32.1. The zero-order chi connectivity index (χ0) is 16.2. The molecule has 23 heavy (non-hydrogen) atoms. The van der Waals surface area contributed by atoms with Crippen molar-refractivity contribution in [3.63, 3.8) is 0 Å². The topological polar surface area (TPSA) is 58.6 Å². The predicted molar refractivity (Wildman–Crippen MR) is 88.7 cm³/mol. The molecule has 0 spiro atoms. The van der Waals surface area contributed by atoms with E-state index in [1.165, 1.54) is 11.3 Å². The van der Waals surface area contributed by atoms with Crippen LogP contribution in [0.5, 0.6) is 5.75 Å². The van der Waals surface area contributed by atoms with Crippen LogP contribution in [0.1, 0.15) is 16.1 Å². The quantitative estimate of drug-likeness (QED) is 0.934. The summed E-state index contributed by atoms with van der Waals surface area (Å²) in [5, 5.41) is 4.49. The van der Waals surface area contributed by atoms with Crippen molar-refractivity contribution in [3.8, 4) is 5.75 Å². The Morgan fingerprint density at radius 1 is 1.22 bits per heavy atom. The fourth-order valence-electron chi connectivity index (χ4n) is 2.76. The van der Waals surface area contributed by atoms with Crippen LogP contribution in [0.3, 0.4) is 0 Å². The number of rotatable bonds is 4. The van der Waals surface area contributed by atoms with E-state index >= 15 is 0 Å². The Morgan fingerprint density at radius 3 is 2.65 bits per heavy atom.